The van der Waals surface area contributed by atoms with Gasteiger partial charge in [-0.25, -0.2) is 4.99 Å². The Bertz CT molecular complexity index is 427. The first-order valence-electron chi connectivity index (χ1n) is 5.60. The lowest BCUT2D eigenvalue weighted by Gasteiger charge is -2.09. The van der Waals surface area contributed by atoms with Crippen LogP contribution in [0.5, 0.6) is 0 Å². The molecule has 1 N–H and O–H groups in total. The molecular formula is C13H16BrNO2. The average Bonchev–Trinajstić information content (AvgIpc) is 2.26. The topological polar surface area (TPSA) is 49.7 Å². The van der Waals surface area contributed by atoms with Gasteiger partial charge in [0.05, 0.1) is 11.8 Å². The molecule has 1 atom stereocenters. The Hall–Kier alpha value is -1.00. The molecule has 0 heterocycles. The van der Waals surface area contributed by atoms with Crippen molar-refractivity contribution in [3.05, 3.63) is 34.3 Å². The van der Waals surface area contributed by atoms with Crippen LogP contribution in [-0.2, 0) is 4.79 Å². The Labute approximate surface area is 110 Å². The Balaban J connectivity index is 3.05. The molecule has 1 aromatic rings. The van der Waals surface area contributed by atoms with Crippen molar-refractivity contribution in [1.29, 1.82) is 0 Å². The van der Waals surface area contributed by atoms with E-state index < -0.39 is 6.10 Å². The minimum atomic E-state index is -0.759. The molecule has 17 heavy (non-hydrogen) atoms. The number of rotatable bonds is 4. The summed E-state index contributed by atoms with van der Waals surface area (Å²) in [6.45, 7) is 3.54. The summed E-state index contributed by atoms with van der Waals surface area (Å²) in [6.07, 6.45) is 0.406. The zero-order valence-electron chi connectivity index (χ0n) is 9.98. The molecule has 0 fully saturated rings. The molecule has 0 aromatic heterocycles. The van der Waals surface area contributed by atoms with Gasteiger partial charge in [0.25, 0.3) is 0 Å². The molecule has 1 amide bonds. The maximum Gasteiger partial charge on any atom is 0.246 e. The second-order valence-electron chi connectivity index (χ2n) is 3.83. The quantitative estimate of drug-likeness (QED) is 0.869. The molecule has 0 saturated carbocycles. The monoisotopic (exact) mass is 297 g/mol. The van der Waals surface area contributed by atoms with Crippen LogP contribution < -0.4 is 0 Å². The lowest BCUT2D eigenvalue weighted by molar-refractivity contribution is -0.117. The van der Waals surface area contributed by atoms with Crippen LogP contribution in [0.3, 0.4) is 0 Å². The van der Waals surface area contributed by atoms with Gasteiger partial charge in [0.2, 0.25) is 5.91 Å². The third-order valence-electron chi connectivity index (χ3n) is 2.23. The van der Waals surface area contributed by atoms with Crippen molar-refractivity contribution >= 4 is 27.5 Å². The molecule has 0 saturated heterocycles. The van der Waals surface area contributed by atoms with Gasteiger partial charge in [0, 0.05) is 10.9 Å². The zero-order valence-corrected chi connectivity index (χ0v) is 11.6. The molecule has 0 aliphatic rings. The molecule has 1 unspecified atom stereocenters. The van der Waals surface area contributed by atoms with Crippen LogP contribution in [-0.4, -0.2) is 22.8 Å². The predicted octanol–water partition coefficient (Wildman–Crippen LogP) is 2.95. The number of halogens is 1. The Morgan fingerprint density at radius 3 is 2.76 bits per heavy atom. The average molecular weight is 298 g/mol. The van der Waals surface area contributed by atoms with Crippen molar-refractivity contribution < 1.29 is 9.90 Å². The van der Waals surface area contributed by atoms with Crippen LogP contribution in [0.2, 0.25) is 0 Å². The number of hydrogen-bond donors (Lipinski definition) is 1. The lowest BCUT2D eigenvalue weighted by atomic mass is 10.1. The minimum Gasteiger partial charge on any atom is -0.387 e. The first-order valence-corrected chi connectivity index (χ1v) is 6.39. The number of benzene rings is 1. The smallest absolute Gasteiger partial charge is 0.246 e. The fourth-order valence-electron chi connectivity index (χ4n) is 1.45. The van der Waals surface area contributed by atoms with E-state index in [0.29, 0.717) is 12.1 Å². The lowest BCUT2D eigenvalue weighted by Crippen LogP contribution is -2.19. The van der Waals surface area contributed by atoms with Crippen molar-refractivity contribution in [3.8, 4) is 0 Å². The maximum absolute atomic E-state index is 11.5. The van der Waals surface area contributed by atoms with Crippen LogP contribution >= 0.6 is 15.9 Å². The molecule has 0 aliphatic carbocycles. The highest BCUT2D eigenvalue weighted by atomic mass is 79.9. The van der Waals surface area contributed by atoms with Crippen LogP contribution in [0.4, 0.5) is 0 Å². The molecule has 1 rings (SSSR count). The fraction of sp³-hybridized carbons (Fsp3) is 0.385. The summed E-state index contributed by atoms with van der Waals surface area (Å²) in [5, 5.41) is 9.68. The highest BCUT2D eigenvalue weighted by Crippen LogP contribution is 2.14. The van der Waals surface area contributed by atoms with E-state index in [9.17, 15) is 9.90 Å². The summed E-state index contributed by atoms with van der Waals surface area (Å²) < 4.78 is 0.895. The van der Waals surface area contributed by atoms with Gasteiger partial charge in [0.1, 0.15) is 0 Å². The first kappa shape index (κ1) is 14.1. The number of nitrogens with zero attached hydrogens (tertiary/aromatic N) is 1. The van der Waals surface area contributed by atoms with E-state index in [1.54, 1.807) is 6.92 Å². The fourth-order valence-corrected chi connectivity index (χ4v) is 1.85. The van der Waals surface area contributed by atoms with E-state index in [0.717, 1.165) is 16.5 Å². The number of amides is 1. The van der Waals surface area contributed by atoms with Gasteiger partial charge in [-0.15, -0.1) is 0 Å². The summed E-state index contributed by atoms with van der Waals surface area (Å²) in [7, 11) is 0. The molecule has 0 aliphatic heterocycles. The highest BCUT2D eigenvalue weighted by Gasteiger charge is 2.12. The largest absolute Gasteiger partial charge is 0.387 e. The minimum absolute atomic E-state index is 0.191. The Morgan fingerprint density at radius 2 is 2.24 bits per heavy atom. The van der Waals surface area contributed by atoms with Crippen LogP contribution in [0.1, 0.15) is 32.3 Å². The van der Waals surface area contributed by atoms with E-state index in [1.807, 2.05) is 31.2 Å². The molecule has 0 bridgehead atoms. The van der Waals surface area contributed by atoms with Crippen molar-refractivity contribution in [3.63, 3.8) is 0 Å². The first-order chi connectivity index (χ1) is 8.04. The number of hydrogen-bond acceptors (Lipinski definition) is 2. The Morgan fingerprint density at radius 1 is 1.53 bits per heavy atom. The molecular weight excluding hydrogens is 282 g/mol. The second kappa shape index (κ2) is 6.67. The highest BCUT2D eigenvalue weighted by molar-refractivity contribution is 9.10. The normalized spacial score (nSPS) is 13.5. The standard InChI is InChI=1S/C13H16BrNO2/c1-3-5-12(17)15-13(9(2)16)10-6-4-7-11(14)8-10/h4,6-9,16H,3,5H2,1-2H3/b15-13+. The maximum atomic E-state index is 11.5. The molecule has 4 heteroatoms. The predicted molar refractivity (Wildman–Crippen MR) is 72.3 cm³/mol. The van der Waals surface area contributed by atoms with E-state index >= 15 is 0 Å². The van der Waals surface area contributed by atoms with Crippen LogP contribution in [0.15, 0.2) is 33.7 Å². The van der Waals surface area contributed by atoms with Crippen molar-refractivity contribution in [1.82, 2.24) is 0 Å². The molecule has 92 valence electrons. The summed E-state index contributed by atoms with van der Waals surface area (Å²) in [5.41, 5.74) is 1.18. The van der Waals surface area contributed by atoms with Crippen molar-refractivity contribution in [2.45, 2.75) is 32.8 Å². The van der Waals surface area contributed by atoms with Gasteiger partial charge >= 0.3 is 0 Å². The third-order valence-corrected chi connectivity index (χ3v) is 2.72. The SMILES string of the molecule is CCCC(=O)/N=C(/c1cccc(Br)c1)C(C)O. The summed E-state index contributed by atoms with van der Waals surface area (Å²) in [6, 6.07) is 7.40. The molecule has 3 nitrogen and oxygen atoms in total. The van der Waals surface area contributed by atoms with E-state index in [1.165, 1.54) is 0 Å². The third kappa shape index (κ3) is 4.40. The summed E-state index contributed by atoms with van der Waals surface area (Å²) in [4.78, 5) is 15.5. The van der Waals surface area contributed by atoms with Gasteiger partial charge < -0.3 is 5.11 Å². The number of aliphatic hydroxyl groups excluding tert-OH is 1. The summed E-state index contributed by atoms with van der Waals surface area (Å²) >= 11 is 3.35. The zero-order chi connectivity index (χ0) is 12.8. The second-order valence-corrected chi connectivity index (χ2v) is 4.74. The number of aliphatic hydroxyl groups is 1. The van der Waals surface area contributed by atoms with Crippen molar-refractivity contribution in [2.24, 2.45) is 4.99 Å². The van der Waals surface area contributed by atoms with Gasteiger partial charge in [-0.3, -0.25) is 4.79 Å². The van der Waals surface area contributed by atoms with Gasteiger partial charge in [-0.1, -0.05) is 35.0 Å². The van der Waals surface area contributed by atoms with E-state index in [-0.39, 0.29) is 5.91 Å². The Kier molecular flexibility index (Phi) is 5.51. The van der Waals surface area contributed by atoms with E-state index in [2.05, 4.69) is 20.9 Å². The molecule has 0 spiro atoms. The van der Waals surface area contributed by atoms with Gasteiger partial charge in [-0.05, 0) is 31.0 Å². The number of carbonyl (C=O) groups excluding carboxylic acids is 1. The van der Waals surface area contributed by atoms with Crippen molar-refractivity contribution in [2.75, 3.05) is 0 Å². The summed E-state index contributed by atoms with van der Waals surface area (Å²) in [5.74, 6) is -0.191. The number of aliphatic imine (C=N–C) groups is 1. The van der Waals surface area contributed by atoms with Crippen LogP contribution in [0.25, 0.3) is 0 Å². The van der Waals surface area contributed by atoms with Crippen LogP contribution in [0, 0.1) is 0 Å². The molecule has 0 radical (unpaired) electrons. The number of carbonyl (C=O) groups is 1. The van der Waals surface area contributed by atoms with E-state index in [4.69, 9.17) is 0 Å². The van der Waals surface area contributed by atoms with Gasteiger partial charge in [-0.2, -0.15) is 0 Å². The molecule has 1 aromatic carbocycles. The van der Waals surface area contributed by atoms with Gasteiger partial charge in [0.15, 0.2) is 0 Å².